The van der Waals surface area contributed by atoms with Crippen LogP contribution in [-0.4, -0.2) is 48.1 Å². The summed E-state index contributed by atoms with van der Waals surface area (Å²) in [6, 6.07) is 3.43. The fourth-order valence-electron chi connectivity index (χ4n) is 1.39. The minimum absolute atomic E-state index is 0.00254. The van der Waals surface area contributed by atoms with Crippen molar-refractivity contribution in [1.82, 2.24) is 15.2 Å². The second kappa shape index (κ2) is 7.78. The van der Waals surface area contributed by atoms with E-state index in [1.165, 1.54) is 4.90 Å². The minimum Gasteiger partial charge on any atom is -0.352 e. The lowest BCUT2D eigenvalue weighted by Crippen LogP contribution is -2.30. The standard InChI is InChI=1S/C13H19N3O2S/c1-4-19-11-9-10(5-7-14-11)13(18)15-8-6-12(17)16(2)3/h5,7,9H,4,6,8H2,1-3H3,(H,15,18). The second-order valence-corrected chi connectivity index (χ2v) is 5.39. The van der Waals surface area contributed by atoms with Gasteiger partial charge in [-0.2, -0.15) is 0 Å². The molecule has 0 radical (unpaired) electrons. The molecule has 0 aliphatic rings. The molecule has 1 aromatic heterocycles. The van der Waals surface area contributed by atoms with Crippen molar-refractivity contribution < 1.29 is 9.59 Å². The van der Waals surface area contributed by atoms with E-state index in [9.17, 15) is 9.59 Å². The summed E-state index contributed by atoms with van der Waals surface area (Å²) in [5.41, 5.74) is 0.572. The summed E-state index contributed by atoms with van der Waals surface area (Å²) in [6.45, 7) is 2.38. The van der Waals surface area contributed by atoms with Gasteiger partial charge in [0.05, 0.1) is 5.03 Å². The highest BCUT2D eigenvalue weighted by molar-refractivity contribution is 7.99. The molecular weight excluding hydrogens is 262 g/mol. The Morgan fingerprint density at radius 3 is 2.79 bits per heavy atom. The number of carbonyl (C=O) groups is 2. The first-order chi connectivity index (χ1) is 9.04. The molecule has 104 valence electrons. The smallest absolute Gasteiger partial charge is 0.251 e. The molecule has 6 heteroatoms. The van der Waals surface area contributed by atoms with Gasteiger partial charge in [0.2, 0.25) is 5.91 Å². The van der Waals surface area contributed by atoms with Gasteiger partial charge in [-0.25, -0.2) is 4.98 Å². The minimum atomic E-state index is -0.174. The lowest BCUT2D eigenvalue weighted by molar-refractivity contribution is -0.128. The molecule has 0 aliphatic heterocycles. The van der Waals surface area contributed by atoms with E-state index in [2.05, 4.69) is 10.3 Å². The molecule has 0 aliphatic carbocycles. The molecule has 0 saturated heterocycles. The first-order valence-corrected chi connectivity index (χ1v) is 7.10. The van der Waals surface area contributed by atoms with Crippen LogP contribution in [0.3, 0.4) is 0 Å². The highest BCUT2D eigenvalue weighted by Gasteiger charge is 2.08. The van der Waals surface area contributed by atoms with Gasteiger partial charge in [-0.05, 0) is 17.9 Å². The van der Waals surface area contributed by atoms with E-state index in [0.29, 0.717) is 18.5 Å². The largest absolute Gasteiger partial charge is 0.352 e. The monoisotopic (exact) mass is 281 g/mol. The number of aromatic nitrogens is 1. The number of nitrogens with one attached hydrogen (secondary N) is 1. The van der Waals surface area contributed by atoms with Crippen LogP contribution in [0.4, 0.5) is 0 Å². The number of rotatable bonds is 6. The third-order valence-electron chi connectivity index (χ3n) is 2.41. The molecule has 2 amide bonds. The molecule has 0 bridgehead atoms. The fraction of sp³-hybridized carbons (Fsp3) is 0.462. The first kappa shape index (κ1) is 15.5. The number of carbonyl (C=O) groups excluding carboxylic acids is 2. The average Bonchev–Trinajstić information content (AvgIpc) is 2.39. The van der Waals surface area contributed by atoms with Crippen molar-refractivity contribution >= 4 is 23.6 Å². The Labute approximate surface area is 117 Å². The Hall–Kier alpha value is -1.56. The number of hydrogen-bond donors (Lipinski definition) is 1. The van der Waals surface area contributed by atoms with Gasteiger partial charge in [0.15, 0.2) is 0 Å². The van der Waals surface area contributed by atoms with Crippen molar-refractivity contribution in [3.63, 3.8) is 0 Å². The average molecular weight is 281 g/mol. The van der Waals surface area contributed by atoms with E-state index in [-0.39, 0.29) is 11.8 Å². The number of nitrogens with zero attached hydrogens (tertiary/aromatic N) is 2. The fourth-order valence-corrected chi connectivity index (χ4v) is 2.03. The molecule has 1 aromatic rings. The third kappa shape index (κ3) is 5.30. The molecular formula is C13H19N3O2S. The summed E-state index contributed by atoms with van der Waals surface area (Å²) in [5, 5.41) is 3.56. The van der Waals surface area contributed by atoms with Gasteiger partial charge >= 0.3 is 0 Å². The van der Waals surface area contributed by atoms with Gasteiger partial charge in [-0.1, -0.05) is 6.92 Å². The van der Waals surface area contributed by atoms with Crippen LogP contribution in [0.5, 0.6) is 0 Å². The summed E-state index contributed by atoms with van der Waals surface area (Å²) in [4.78, 5) is 28.9. The molecule has 0 spiro atoms. The summed E-state index contributed by atoms with van der Waals surface area (Å²) >= 11 is 1.59. The van der Waals surface area contributed by atoms with Gasteiger partial charge in [0, 0.05) is 38.8 Å². The predicted octanol–water partition coefficient (Wildman–Crippen LogP) is 1.40. The molecule has 0 fully saturated rings. The Morgan fingerprint density at radius 1 is 1.42 bits per heavy atom. The van der Waals surface area contributed by atoms with Crippen LogP contribution < -0.4 is 5.32 Å². The highest BCUT2D eigenvalue weighted by Crippen LogP contribution is 2.15. The molecule has 1 rings (SSSR count). The zero-order chi connectivity index (χ0) is 14.3. The van der Waals surface area contributed by atoms with E-state index >= 15 is 0 Å². The van der Waals surface area contributed by atoms with Crippen LogP contribution in [0, 0.1) is 0 Å². The zero-order valence-electron chi connectivity index (χ0n) is 11.5. The Morgan fingerprint density at radius 2 is 2.16 bits per heavy atom. The first-order valence-electron chi connectivity index (χ1n) is 6.11. The molecule has 0 saturated carbocycles. The van der Waals surface area contributed by atoms with Gasteiger partial charge < -0.3 is 10.2 Å². The summed E-state index contributed by atoms with van der Waals surface area (Å²) in [7, 11) is 3.39. The van der Waals surface area contributed by atoms with E-state index in [0.717, 1.165) is 10.8 Å². The SMILES string of the molecule is CCSc1cc(C(=O)NCCC(=O)N(C)C)ccn1. The molecule has 1 N–H and O–H groups in total. The second-order valence-electron chi connectivity index (χ2n) is 4.11. The quantitative estimate of drug-likeness (QED) is 0.801. The molecule has 0 unspecified atom stereocenters. The summed E-state index contributed by atoms with van der Waals surface area (Å²) < 4.78 is 0. The summed E-state index contributed by atoms with van der Waals surface area (Å²) in [6.07, 6.45) is 1.93. The number of pyridine rings is 1. The molecule has 0 atom stereocenters. The van der Waals surface area contributed by atoms with E-state index in [1.807, 2.05) is 6.92 Å². The van der Waals surface area contributed by atoms with Crippen molar-refractivity contribution in [2.24, 2.45) is 0 Å². The zero-order valence-corrected chi connectivity index (χ0v) is 12.3. The van der Waals surface area contributed by atoms with Crippen LogP contribution in [0.2, 0.25) is 0 Å². The third-order valence-corrected chi connectivity index (χ3v) is 3.22. The lowest BCUT2D eigenvalue weighted by atomic mass is 10.2. The van der Waals surface area contributed by atoms with Crippen molar-refractivity contribution in [2.75, 3.05) is 26.4 Å². The predicted molar refractivity (Wildman–Crippen MR) is 76.3 cm³/mol. The Kier molecular flexibility index (Phi) is 6.35. The Balaban J connectivity index is 2.49. The van der Waals surface area contributed by atoms with Gasteiger partial charge in [-0.15, -0.1) is 11.8 Å². The van der Waals surface area contributed by atoms with E-state index < -0.39 is 0 Å². The van der Waals surface area contributed by atoms with Gasteiger partial charge in [0.1, 0.15) is 0 Å². The highest BCUT2D eigenvalue weighted by atomic mass is 32.2. The summed E-state index contributed by atoms with van der Waals surface area (Å²) in [5.74, 6) is 0.735. The number of thioether (sulfide) groups is 1. The van der Waals surface area contributed by atoms with E-state index in [1.54, 1.807) is 44.2 Å². The normalized spacial score (nSPS) is 10.1. The van der Waals surface area contributed by atoms with Crippen LogP contribution in [0.15, 0.2) is 23.4 Å². The van der Waals surface area contributed by atoms with Gasteiger partial charge in [0.25, 0.3) is 5.91 Å². The van der Waals surface area contributed by atoms with Crippen molar-refractivity contribution in [3.05, 3.63) is 23.9 Å². The molecule has 1 heterocycles. The van der Waals surface area contributed by atoms with Gasteiger partial charge in [-0.3, -0.25) is 9.59 Å². The number of amides is 2. The van der Waals surface area contributed by atoms with E-state index in [4.69, 9.17) is 0 Å². The molecule has 0 aromatic carbocycles. The van der Waals surface area contributed by atoms with Crippen molar-refractivity contribution in [1.29, 1.82) is 0 Å². The van der Waals surface area contributed by atoms with Crippen LogP contribution >= 0.6 is 11.8 Å². The maximum atomic E-state index is 11.9. The molecule has 19 heavy (non-hydrogen) atoms. The topological polar surface area (TPSA) is 62.3 Å². The van der Waals surface area contributed by atoms with Crippen LogP contribution in [-0.2, 0) is 4.79 Å². The maximum Gasteiger partial charge on any atom is 0.251 e. The van der Waals surface area contributed by atoms with Crippen LogP contribution in [0.1, 0.15) is 23.7 Å². The van der Waals surface area contributed by atoms with Crippen LogP contribution in [0.25, 0.3) is 0 Å². The lowest BCUT2D eigenvalue weighted by Gasteiger charge is -2.10. The molecule has 5 nitrogen and oxygen atoms in total. The maximum absolute atomic E-state index is 11.9. The van der Waals surface area contributed by atoms with Crippen molar-refractivity contribution in [3.8, 4) is 0 Å². The Bertz CT molecular complexity index is 449. The number of hydrogen-bond acceptors (Lipinski definition) is 4. The van der Waals surface area contributed by atoms with Crippen molar-refractivity contribution in [2.45, 2.75) is 18.4 Å².